The Balaban J connectivity index is 2.40. The predicted octanol–water partition coefficient (Wildman–Crippen LogP) is 1.62. The van der Waals surface area contributed by atoms with Gasteiger partial charge in [-0.2, -0.15) is 0 Å². The lowest BCUT2D eigenvalue weighted by molar-refractivity contribution is -0.120. The molecule has 0 saturated carbocycles. The summed E-state index contributed by atoms with van der Waals surface area (Å²) in [5.74, 6) is 0.311. The minimum atomic E-state index is 0.311. The van der Waals surface area contributed by atoms with Crippen LogP contribution in [0.3, 0.4) is 0 Å². The summed E-state index contributed by atoms with van der Waals surface area (Å²) in [6.45, 7) is 0.372. The molecule has 0 amide bonds. The number of nitrogens with zero attached hydrogens (tertiary/aromatic N) is 2. The first kappa shape index (κ1) is 9.45. The first-order valence-electron chi connectivity index (χ1n) is 4.51. The van der Waals surface area contributed by atoms with Gasteiger partial charge in [0.2, 0.25) is 5.88 Å². The highest BCUT2D eigenvalue weighted by molar-refractivity contribution is 5.61. The van der Waals surface area contributed by atoms with Crippen molar-refractivity contribution in [2.45, 2.75) is 0 Å². The SMILES string of the molecule is Cn1nc(OC=O)cc1-c1ccccc1. The summed E-state index contributed by atoms with van der Waals surface area (Å²) in [4.78, 5) is 10.2. The van der Waals surface area contributed by atoms with E-state index in [9.17, 15) is 4.79 Å². The van der Waals surface area contributed by atoms with Crippen molar-refractivity contribution in [3.05, 3.63) is 36.4 Å². The van der Waals surface area contributed by atoms with E-state index in [4.69, 9.17) is 0 Å². The van der Waals surface area contributed by atoms with Gasteiger partial charge >= 0.3 is 0 Å². The largest absolute Gasteiger partial charge is 0.408 e. The van der Waals surface area contributed by atoms with Crippen LogP contribution in [0.15, 0.2) is 36.4 Å². The van der Waals surface area contributed by atoms with E-state index in [0.717, 1.165) is 11.3 Å². The van der Waals surface area contributed by atoms with Gasteiger partial charge in [-0.3, -0.25) is 9.48 Å². The zero-order chi connectivity index (χ0) is 10.7. The first-order chi connectivity index (χ1) is 7.31. The molecule has 1 aromatic heterocycles. The summed E-state index contributed by atoms with van der Waals surface area (Å²) >= 11 is 0. The first-order valence-corrected chi connectivity index (χ1v) is 4.51. The minimum Gasteiger partial charge on any atom is -0.408 e. The highest BCUT2D eigenvalue weighted by Gasteiger charge is 2.07. The van der Waals surface area contributed by atoms with E-state index in [2.05, 4.69) is 9.84 Å². The number of aryl methyl sites for hydroxylation is 1. The number of hydrogen-bond acceptors (Lipinski definition) is 3. The van der Waals surface area contributed by atoms with Crippen molar-refractivity contribution in [2.75, 3.05) is 0 Å². The van der Waals surface area contributed by atoms with Crippen LogP contribution in [0.1, 0.15) is 0 Å². The van der Waals surface area contributed by atoms with Crippen LogP contribution in [0.4, 0.5) is 0 Å². The Morgan fingerprint density at radius 2 is 2.07 bits per heavy atom. The van der Waals surface area contributed by atoms with Gasteiger partial charge in [-0.15, -0.1) is 5.10 Å². The Kier molecular flexibility index (Phi) is 2.49. The van der Waals surface area contributed by atoms with E-state index in [1.54, 1.807) is 17.8 Å². The number of carbonyl (C=O) groups is 1. The highest BCUT2D eigenvalue weighted by Crippen LogP contribution is 2.22. The van der Waals surface area contributed by atoms with E-state index in [1.165, 1.54) is 0 Å². The number of carbonyl (C=O) groups excluding carboxylic acids is 1. The number of hydrogen-bond donors (Lipinski definition) is 0. The molecular weight excluding hydrogens is 192 g/mol. The molecule has 0 atom stereocenters. The molecular formula is C11H10N2O2. The monoisotopic (exact) mass is 202 g/mol. The van der Waals surface area contributed by atoms with Crippen LogP contribution in [-0.2, 0) is 11.8 Å². The number of ether oxygens (including phenoxy) is 1. The van der Waals surface area contributed by atoms with Gasteiger partial charge in [-0.25, -0.2) is 0 Å². The van der Waals surface area contributed by atoms with Crippen molar-refractivity contribution in [1.29, 1.82) is 0 Å². The molecule has 1 aromatic carbocycles. The van der Waals surface area contributed by atoms with Gasteiger partial charge in [0, 0.05) is 13.1 Å². The van der Waals surface area contributed by atoms with Gasteiger partial charge in [0.1, 0.15) is 0 Å². The summed E-state index contributed by atoms with van der Waals surface area (Å²) in [7, 11) is 1.81. The van der Waals surface area contributed by atoms with E-state index in [-0.39, 0.29) is 0 Å². The molecule has 2 rings (SSSR count). The van der Waals surface area contributed by atoms with Crippen LogP contribution in [0.25, 0.3) is 11.3 Å². The van der Waals surface area contributed by atoms with E-state index in [0.29, 0.717) is 12.4 Å². The standard InChI is InChI=1S/C11H10N2O2/c1-13-10(7-11(12-13)15-8-14)9-5-3-2-4-6-9/h2-8H,1H3. The molecule has 1 heterocycles. The summed E-state index contributed by atoms with van der Waals surface area (Å²) in [5.41, 5.74) is 1.95. The lowest BCUT2D eigenvalue weighted by atomic mass is 10.1. The summed E-state index contributed by atoms with van der Waals surface area (Å²) in [6.07, 6.45) is 0. The zero-order valence-corrected chi connectivity index (χ0v) is 8.25. The third-order valence-corrected chi connectivity index (χ3v) is 2.10. The fraction of sp³-hybridized carbons (Fsp3) is 0.0909. The van der Waals surface area contributed by atoms with Crippen LogP contribution >= 0.6 is 0 Å². The topological polar surface area (TPSA) is 44.1 Å². The summed E-state index contributed by atoms with van der Waals surface area (Å²) in [5, 5.41) is 4.04. The van der Waals surface area contributed by atoms with Crippen LogP contribution in [0.5, 0.6) is 5.88 Å². The summed E-state index contributed by atoms with van der Waals surface area (Å²) in [6, 6.07) is 11.5. The second-order valence-corrected chi connectivity index (χ2v) is 3.07. The average molecular weight is 202 g/mol. The average Bonchev–Trinajstić information content (AvgIpc) is 2.61. The third kappa shape index (κ3) is 1.88. The van der Waals surface area contributed by atoms with E-state index >= 15 is 0 Å². The van der Waals surface area contributed by atoms with Gasteiger partial charge in [0.05, 0.1) is 5.69 Å². The van der Waals surface area contributed by atoms with Gasteiger partial charge in [0.25, 0.3) is 6.47 Å². The summed E-state index contributed by atoms with van der Waals surface area (Å²) < 4.78 is 6.35. The normalized spacial score (nSPS) is 9.93. The lowest BCUT2D eigenvalue weighted by Gasteiger charge is -1.99. The van der Waals surface area contributed by atoms with Gasteiger partial charge in [-0.05, 0) is 5.56 Å². The van der Waals surface area contributed by atoms with Gasteiger partial charge in [0.15, 0.2) is 0 Å². The molecule has 76 valence electrons. The molecule has 0 aliphatic heterocycles. The molecule has 0 N–H and O–H groups in total. The van der Waals surface area contributed by atoms with Crippen molar-refractivity contribution < 1.29 is 9.53 Å². The minimum absolute atomic E-state index is 0.311. The van der Waals surface area contributed by atoms with E-state index < -0.39 is 0 Å². The van der Waals surface area contributed by atoms with Crippen LogP contribution < -0.4 is 4.74 Å². The van der Waals surface area contributed by atoms with E-state index in [1.807, 2.05) is 30.3 Å². The Morgan fingerprint density at radius 1 is 1.33 bits per heavy atom. The Hall–Kier alpha value is -2.10. The quantitative estimate of drug-likeness (QED) is 0.710. The molecule has 0 spiro atoms. The van der Waals surface area contributed by atoms with Crippen molar-refractivity contribution in [3.8, 4) is 17.1 Å². The Morgan fingerprint density at radius 3 is 2.73 bits per heavy atom. The maximum absolute atomic E-state index is 10.2. The number of benzene rings is 1. The fourth-order valence-corrected chi connectivity index (χ4v) is 1.43. The van der Waals surface area contributed by atoms with Crippen LogP contribution in [0.2, 0.25) is 0 Å². The fourth-order valence-electron chi connectivity index (χ4n) is 1.43. The molecule has 0 fully saturated rings. The molecule has 0 aliphatic rings. The molecule has 15 heavy (non-hydrogen) atoms. The third-order valence-electron chi connectivity index (χ3n) is 2.10. The maximum atomic E-state index is 10.2. The molecule has 2 aromatic rings. The van der Waals surface area contributed by atoms with Crippen molar-refractivity contribution in [3.63, 3.8) is 0 Å². The molecule has 0 radical (unpaired) electrons. The highest BCUT2D eigenvalue weighted by atomic mass is 16.5. The predicted molar refractivity (Wildman–Crippen MR) is 55.3 cm³/mol. The Bertz CT molecular complexity index is 463. The second kappa shape index (κ2) is 3.96. The number of aromatic nitrogens is 2. The molecule has 0 unspecified atom stereocenters. The lowest BCUT2D eigenvalue weighted by Crippen LogP contribution is -1.94. The molecule has 0 bridgehead atoms. The smallest absolute Gasteiger partial charge is 0.299 e. The van der Waals surface area contributed by atoms with Crippen molar-refractivity contribution in [2.24, 2.45) is 7.05 Å². The molecule has 4 nitrogen and oxygen atoms in total. The zero-order valence-electron chi connectivity index (χ0n) is 8.25. The van der Waals surface area contributed by atoms with Crippen molar-refractivity contribution in [1.82, 2.24) is 9.78 Å². The van der Waals surface area contributed by atoms with Crippen LogP contribution in [0, 0.1) is 0 Å². The Labute approximate surface area is 87.1 Å². The van der Waals surface area contributed by atoms with Gasteiger partial charge in [-0.1, -0.05) is 30.3 Å². The number of rotatable bonds is 3. The van der Waals surface area contributed by atoms with Crippen molar-refractivity contribution >= 4 is 6.47 Å². The molecule has 0 aliphatic carbocycles. The molecule has 0 saturated heterocycles. The molecule has 4 heteroatoms. The second-order valence-electron chi connectivity index (χ2n) is 3.07. The maximum Gasteiger partial charge on any atom is 0.299 e. The van der Waals surface area contributed by atoms with Gasteiger partial charge < -0.3 is 4.74 Å². The van der Waals surface area contributed by atoms with Crippen LogP contribution in [-0.4, -0.2) is 16.3 Å².